The van der Waals surface area contributed by atoms with Crippen LogP contribution in [0, 0.1) is 11.8 Å². The van der Waals surface area contributed by atoms with E-state index in [-0.39, 0.29) is 11.2 Å². The maximum atomic E-state index is 11.9. The van der Waals surface area contributed by atoms with Crippen LogP contribution in [0.1, 0.15) is 12.8 Å². The zero-order valence-electron chi connectivity index (χ0n) is 11.5. The monoisotopic (exact) mass is 373 g/mol. The summed E-state index contributed by atoms with van der Waals surface area (Å²) in [5.41, 5.74) is 0. The summed E-state index contributed by atoms with van der Waals surface area (Å²) in [6, 6.07) is -0.265. The number of carbonyl (C=O) groups excluding carboxylic acids is 1. The molecule has 2 amide bonds. The minimum Gasteiger partial charge on any atom is -0.337 e. The summed E-state index contributed by atoms with van der Waals surface area (Å²) < 4.78 is 0.461. The highest BCUT2D eigenvalue weighted by Gasteiger charge is 2.33. The predicted molar refractivity (Wildman–Crippen MR) is 84.4 cm³/mol. The first-order chi connectivity index (χ1) is 10.1. The van der Waals surface area contributed by atoms with E-state index in [4.69, 9.17) is 11.6 Å². The summed E-state index contributed by atoms with van der Waals surface area (Å²) in [6.45, 7) is 4.21. The molecule has 2 bridgehead atoms. The summed E-state index contributed by atoms with van der Waals surface area (Å²) in [5, 5.41) is 5.80. The van der Waals surface area contributed by atoms with Gasteiger partial charge < -0.3 is 10.2 Å². The zero-order chi connectivity index (χ0) is 14.8. The lowest BCUT2D eigenvalue weighted by Gasteiger charge is -2.44. The van der Waals surface area contributed by atoms with Gasteiger partial charge in [0.2, 0.25) is 0 Å². The molecule has 4 rings (SSSR count). The van der Waals surface area contributed by atoms with Crippen molar-refractivity contribution in [1.29, 1.82) is 0 Å². The van der Waals surface area contributed by atoms with Gasteiger partial charge in [-0.3, -0.25) is 5.32 Å². The first-order valence-corrected chi connectivity index (χ1v) is 8.24. The molecule has 1 aromatic rings. The Morgan fingerprint density at radius 2 is 2.24 bits per heavy atom. The lowest BCUT2D eigenvalue weighted by Crippen LogP contribution is -2.51. The van der Waals surface area contributed by atoms with E-state index in [9.17, 15) is 4.79 Å². The van der Waals surface area contributed by atoms with Gasteiger partial charge in [-0.25, -0.2) is 14.8 Å². The third-order valence-corrected chi connectivity index (χ3v) is 5.32. The van der Waals surface area contributed by atoms with Gasteiger partial charge >= 0.3 is 6.03 Å². The number of nitrogens with zero attached hydrogens (tertiary/aromatic N) is 3. The van der Waals surface area contributed by atoms with Gasteiger partial charge in [0.15, 0.2) is 11.0 Å². The molecule has 0 saturated carbocycles. The normalized spacial score (nSPS) is 27.4. The standard InChI is InChI=1S/C13H17BrClN5O/c14-11-12(15)18-10(6-16-11)19-13(21)17-5-9-7-20-3-1-8(9)2-4-20/h6,8-9H,1-5,7H2,(H2,17,18,19,21)/t9-/m1/s1. The fraction of sp³-hybridized carbons (Fsp3) is 0.615. The molecule has 3 saturated heterocycles. The summed E-state index contributed by atoms with van der Waals surface area (Å²) in [4.78, 5) is 22.4. The lowest BCUT2D eigenvalue weighted by atomic mass is 9.79. The highest BCUT2D eigenvalue weighted by Crippen LogP contribution is 2.31. The number of fused-ring (bicyclic) bond motifs is 3. The Morgan fingerprint density at radius 3 is 2.86 bits per heavy atom. The Hall–Kier alpha value is -0.920. The van der Waals surface area contributed by atoms with Crippen LogP contribution in [0.3, 0.4) is 0 Å². The largest absolute Gasteiger partial charge is 0.337 e. The third kappa shape index (κ3) is 3.64. The van der Waals surface area contributed by atoms with Crippen molar-refractivity contribution in [2.75, 3.05) is 31.5 Å². The molecule has 0 spiro atoms. The molecule has 6 nitrogen and oxygen atoms in total. The van der Waals surface area contributed by atoms with Gasteiger partial charge in [-0.1, -0.05) is 11.6 Å². The van der Waals surface area contributed by atoms with Crippen molar-refractivity contribution in [1.82, 2.24) is 20.2 Å². The van der Waals surface area contributed by atoms with Crippen LogP contribution < -0.4 is 10.6 Å². The van der Waals surface area contributed by atoms with E-state index in [1.54, 1.807) is 0 Å². The smallest absolute Gasteiger partial charge is 0.320 e. The van der Waals surface area contributed by atoms with Crippen LogP contribution in [0.15, 0.2) is 10.8 Å². The van der Waals surface area contributed by atoms with E-state index < -0.39 is 0 Å². The SMILES string of the molecule is O=C(NC[C@@H]1CN2CCC1CC2)Nc1cnc(Br)c(Cl)n1. The molecule has 3 fully saturated rings. The van der Waals surface area contributed by atoms with Gasteiger partial charge in [0, 0.05) is 13.1 Å². The molecule has 114 valence electrons. The van der Waals surface area contributed by atoms with E-state index in [0.29, 0.717) is 22.9 Å². The summed E-state index contributed by atoms with van der Waals surface area (Å²) >= 11 is 9.00. The molecule has 1 atom stereocenters. The fourth-order valence-corrected chi connectivity index (χ4v) is 3.45. The lowest BCUT2D eigenvalue weighted by molar-refractivity contribution is 0.0525. The Balaban J connectivity index is 1.49. The van der Waals surface area contributed by atoms with E-state index in [2.05, 4.69) is 41.4 Å². The highest BCUT2D eigenvalue weighted by molar-refractivity contribution is 9.10. The number of carbonyl (C=O) groups is 1. The van der Waals surface area contributed by atoms with Crippen molar-refractivity contribution in [2.24, 2.45) is 11.8 Å². The van der Waals surface area contributed by atoms with Gasteiger partial charge in [-0.2, -0.15) is 0 Å². The minimum absolute atomic E-state index is 0.227. The molecule has 2 N–H and O–H groups in total. The quantitative estimate of drug-likeness (QED) is 0.852. The van der Waals surface area contributed by atoms with Crippen molar-refractivity contribution < 1.29 is 4.79 Å². The summed E-state index contributed by atoms with van der Waals surface area (Å²) in [5.74, 6) is 1.64. The van der Waals surface area contributed by atoms with Gasteiger partial charge in [0.05, 0.1) is 6.20 Å². The first kappa shape index (κ1) is 15.0. The summed E-state index contributed by atoms with van der Waals surface area (Å²) in [7, 11) is 0. The fourth-order valence-electron chi connectivity index (χ4n) is 3.12. The number of piperidine rings is 3. The molecule has 3 aliphatic heterocycles. The number of hydrogen-bond acceptors (Lipinski definition) is 4. The van der Waals surface area contributed by atoms with E-state index in [0.717, 1.165) is 12.5 Å². The average molecular weight is 375 g/mol. The van der Waals surface area contributed by atoms with Gasteiger partial charge in [-0.15, -0.1) is 0 Å². The first-order valence-electron chi connectivity index (χ1n) is 7.07. The Labute approximate surface area is 136 Å². The van der Waals surface area contributed by atoms with Crippen LogP contribution in [0.5, 0.6) is 0 Å². The molecule has 0 radical (unpaired) electrons. The average Bonchev–Trinajstić information content (AvgIpc) is 2.50. The molecule has 4 heterocycles. The number of aromatic nitrogens is 2. The van der Waals surface area contributed by atoms with Crippen LogP contribution >= 0.6 is 27.5 Å². The van der Waals surface area contributed by atoms with Crippen LogP contribution in [0.25, 0.3) is 0 Å². The third-order valence-electron chi connectivity index (χ3n) is 4.25. The number of rotatable bonds is 3. The van der Waals surface area contributed by atoms with Crippen molar-refractivity contribution in [3.05, 3.63) is 16.0 Å². The van der Waals surface area contributed by atoms with Crippen LogP contribution in [0.4, 0.5) is 10.6 Å². The van der Waals surface area contributed by atoms with E-state index >= 15 is 0 Å². The number of anilines is 1. The zero-order valence-corrected chi connectivity index (χ0v) is 13.8. The topological polar surface area (TPSA) is 70.2 Å². The second-order valence-electron chi connectivity index (χ2n) is 5.57. The van der Waals surface area contributed by atoms with Crippen molar-refractivity contribution >= 4 is 39.4 Å². The molecule has 0 aromatic carbocycles. The Morgan fingerprint density at radius 1 is 1.48 bits per heavy atom. The van der Waals surface area contributed by atoms with Crippen molar-refractivity contribution in [3.8, 4) is 0 Å². The van der Waals surface area contributed by atoms with Crippen LogP contribution in [-0.4, -0.2) is 47.1 Å². The molecular formula is C13H17BrClN5O. The Kier molecular flexibility index (Phi) is 4.61. The molecule has 3 aliphatic rings. The van der Waals surface area contributed by atoms with Crippen molar-refractivity contribution in [3.63, 3.8) is 0 Å². The number of hydrogen-bond donors (Lipinski definition) is 2. The highest BCUT2D eigenvalue weighted by atomic mass is 79.9. The molecule has 1 aromatic heterocycles. The number of urea groups is 1. The van der Waals surface area contributed by atoms with Gasteiger partial charge in [0.1, 0.15) is 4.60 Å². The Bertz CT molecular complexity index is 535. The molecule has 8 heteroatoms. The summed E-state index contributed by atoms with van der Waals surface area (Å²) in [6.07, 6.45) is 3.97. The maximum absolute atomic E-state index is 11.9. The van der Waals surface area contributed by atoms with Crippen LogP contribution in [-0.2, 0) is 0 Å². The second kappa shape index (κ2) is 6.46. The number of amides is 2. The maximum Gasteiger partial charge on any atom is 0.320 e. The number of halogens is 2. The van der Waals surface area contributed by atoms with E-state index in [1.165, 1.54) is 32.1 Å². The van der Waals surface area contributed by atoms with E-state index in [1.807, 2.05) is 0 Å². The molecular weight excluding hydrogens is 358 g/mol. The van der Waals surface area contributed by atoms with Gasteiger partial charge in [-0.05, 0) is 53.7 Å². The molecule has 0 aliphatic carbocycles. The van der Waals surface area contributed by atoms with Crippen molar-refractivity contribution in [2.45, 2.75) is 12.8 Å². The van der Waals surface area contributed by atoms with Gasteiger partial charge in [0.25, 0.3) is 0 Å². The molecule has 21 heavy (non-hydrogen) atoms. The molecule has 0 unspecified atom stereocenters. The second-order valence-corrected chi connectivity index (χ2v) is 6.68. The van der Waals surface area contributed by atoms with Crippen LogP contribution in [0.2, 0.25) is 5.15 Å². The predicted octanol–water partition coefficient (Wildman–Crippen LogP) is 2.36. The minimum atomic E-state index is -0.265. The number of nitrogens with one attached hydrogen (secondary N) is 2.